The SMILES string of the molecule is Clc1cc2c(cc1CN1CCOC(c3cccnc3)C1)OCO2. The molecule has 1 aromatic heterocycles. The number of aromatic nitrogens is 1. The molecular formula is C17H17ClN2O3. The second-order valence-electron chi connectivity index (χ2n) is 5.68. The number of halogens is 1. The Hall–Kier alpha value is -1.82. The van der Waals surface area contributed by atoms with Crippen LogP contribution in [0.4, 0.5) is 0 Å². The van der Waals surface area contributed by atoms with E-state index in [0.29, 0.717) is 17.4 Å². The van der Waals surface area contributed by atoms with Crippen LogP contribution in [0.1, 0.15) is 17.2 Å². The Morgan fingerprint density at radius 3 is 2.96 bits per heavy atom. The van der Waals surface area contributed by atoms with Crippen molar-refractivity contribution in [2.75, 3.05) is 26.5 Å². The molecule has 0 bridgehead atoms. The van der Waals surface area contributed by atoms with Crippen molar-refractivity contribution in [2.24, 2.45) is 0 Å². The van der Waals surface area contributed by atoms with E-state index in [4.69, 9.17) is 25.8 Å². The number of nitrogens with zero attached hydrogens (tertiary/aromatic N) is 2. The maximum atomic E-state index is 6.38. The van der Waals surface area contributed by atoms with Crippen LogP contribution in [0, 0.1) is 0 Å². The number of rotatable bonds is 3. The standard InChI is InChI=1S/C17H17ClN2O3/c18-14-7-16-15(22-11-23-16)6-13(14)9-20-4-5-21-17(10-20)12-2-1-3-19-8-12/h1-3,6-8,17H,4-5,9-11H2. The molecule has 1 unspecified atom stereocenters. The fourth-order valence-corrected chi connectivity index (χ4v) is 3.15. The molecule has 1 fully saturated rings. The van der Waals surface area contributed by atoms with Crippen LogP contribution >= 0.6 is 11.6 Å². The first kappa shape index (κ1) is 14.8. The van der Waals surface area contributed by atoms with Crippen LogP contribution in [0.2, 0.25) is 5.02 Å². The molecule has 0 radical (unpaired) electrons. The molecule has 23 heavy (non-hydrogen) atoms. The molecule has 6 heteroatoms. The van der Waals surface area contributed by atoms with Crippen molar-refractivity contribution in [3.63, 3.8) is 0 Å². The summed E-state index contributed by atoms with van der Waals surface area (Å²) in [6.45, 7) is 3.41. The van der Waals surface area contributed by atoms with Crippen molar-refractivity contribution >= 4 is 11.6 Å². The van der Waals surface area contributed by atoms with E-state index >= 15 is 0 Å². The van der Waals surface area contributed by atoms with Gasteiger partial charge in [0, 0.05) is 48.7 Å². The van der Waals surface area contributed by atoms with Crippen molar-refractivity contribution in [3.8, 4) is 11.5 Å². The third-order valence-electron chi connectivity index (χ3n) is 4.14. The molecule has 120 valence electrons. The number of fused-ring (bicyclic) bond motifs is 1. The van der Waals surface area contributed by atoms with Crippen molar-refractivity contribution in [1.29, 1.82) is 0 Å². The van der Waals surface area contributed by atoms with Gasteiger partial charge in [-0.15, -0.1) is 0 Å². The third-order valence-corrected chi connectivity index (χ3v) is 4.49. The molecule has 0 saturated carbocycles. The molecule has 2 aliphatic heterocycles. The van der Waals surface area contributed by atoms with Gasteiger partial charge in [0.25, 0.3) is 0 Å². The van der Waals surface area contributed by atoms with E-state index < -0.39 is 0 Å². The second-order valence-corrected chi connectivity index (χ2v) is 6.08. The summed E-state index contributed by atoms with van der Waals surface area (Å²) in [4.78, 5) is 6.51. The summed E-state index contributed by atoms with van der Waals surface area (Å²) in [5.41, 5.74) is 2.15. The molecule has 1 aromatic carbocycles. The van der Waals surface area contributed by atoms with Crippen LogP contribution in [-0.2, 0) is 11.3 Å². The van der Waals surface area contributed by atoms with Crippen LogP contribution in [-0.4, -0.2) is 36.4 Å². The number of hydrogen-bond donors (Lipinski definition) is 0. The Morgan fingerprint density at radius 2 is 2.13 bits per heavy atom. The van der Waals surface area contributed by atoms with Gasteiger partial charge in [0.05, 0.1) is 12.7 Å². The van der Waals surface area contributed by atoms with Gasteiger partial charge in [-0.3, -0.25) is 9.88 Å². The number of hydrogen-bond acceptors (Lipinski definition) is 5. The Balaban J connectivity index is 1.49. The molecule has 0 aliphatic carbocycles. The van der Waals surface area contributed by atoms with Gasteiger partial charge in [-0.2, -0.15) is 0 Å². The summed E-state index contributed by atoms with van der Waals surface area (Å²) in [6, 6.07) is 7.79. The minimum atomic E-state index is 0.0465. The van der Waals surface area contributed by atoms with Crippen molar-refractivity contribution in [3.05, 3.63) is 52.8 Å². The lowest BCUT2D eigenvalue weighted by molar-refractivity contribution is -0.0330. The molecule has 1 saturated heterocycles. The highest BCUT2D eigenvalue weighted by molar-refractivity contribution is 6.31. The van der Waals surface area contributed by atoms with E-state index in [0.717, 1.165) is 36.5 Å². The number of benzene rings is 1. The molecule has 5 nitrogen and oxygen atoms in total. The molecule has 4 rings (SSSR count). The lowest BCUT2D eigenvalue weighted by atomic mass is 10.1. The Kier molecular flexibility index (Phi) is 4.08. The monoisotopic (exact) mass is 332 g/mol. The van der Waals surface area contributed by atoms with Crippen LogP contribution in [0.5, 0.6) is 11.5 Å². The average Bonchev–Trinajstić information content (AvgIpc) is 3.03. The minimum absolute atomic E-state index is 0.0465. The fraction of sp³-hybridized carbons (Fsp3) is 0.353. The van der Waals surface area contributed by atoms with Crippen molar-refractivity contribution in [2.45, 2.75) is 12.6 Å². The maximum Gasteiger partial charge on any atom is 0.231 e. The van der Waals surface area contributed by atoms with Gasteiger partial charge in [-0.1, -0.05) is 17.7 Å². The molecule has 0 amide bonds. The highest BCUT2D eigenvalue weighted by Gasteiger charge is 2.24. The topological polar surface area (TPSA) is 43.8 Å². The Bertz CT molecular complexity index is 696. The zero-order valence-electron chi connectivity index (χ0n) is 12.6. The quantitative estimate of drug-likeness (QED) is 0.864. The predicted octanol–water partition coefficient (Wildman–Crippen LogP) is 3.04. The number of pyridine rings is 1. The molecule has 2 aromatic rings. The van der Waals surface area contributed by atoms with Crippen LogP contribution in [0.3, 0.4) is 0 Å². The zero-order chi connectivity index (χ0) is 15.6. The van der Waals surface area contributed by atoms with Gasteiger partial charge in [0.15, 0.2) is 11.5 Å². The molecule has 3 heterocycles. The van der Waals surface area contributed by atoms with Crippen molar-refractivity contribution in [1.82, 2.24) is 9.88 Å². The van der Waals surface area contributed by atoms with Gasteiger partial charge < -0.3 is 14.2 Å². The molecular weight excluding hydrogens is 316 g/mol. The number of ether oxygens (including phenoxy) is 3. The summed E-state index contributed by atoms with van der Waals surface area (Å²) in [7, 11) is 0. The molecule has 1 atom stereocenters. The van der Waals surface area contributed by atoms with Crippen molar-refractivity contribution < 1.29 is 14.2 Å². The van der Waals surface area contributed by atoms with E-state index in [1.165, 1.54) is 0 Å². The molecule has 0 N–H and O–H groups in total. The van der Waals surface area contributed by atoms with E-state index in [1.807, 2.05) is 24.4 Å². The zero-order valence-corrected chi connectivity index (χ0v) is 13.3. The minimum Gasteiger partial charge on any atom is -0.454 e. The largest absolute Gasteiger partial charge is 0.454 e. The number of morpholine rings is 1. The smallest absolute Gasteiger partial charge is 0.231 e. The Labute approximate surface area is 139 Å². The fourth-order valence-electron chi connectivity index (χ4n) is 2.94. The maximum absolute atomic E-state index is 6.38. The molecule has 0 spiro atoms. The van der Waals surface area contributed by atoms with Gasteiger partial charge in [0.2, 0.25) is 6.79 Å². The van der Waals surface area contributed by atoms with Crippen LogP contribution < -0.4 is 9.47 Å². The summed E-state index contributed by atoms with van der Waals surface area (Å²) >= 11 is 6.38. The lowest BCUT2D eigenvalue weighted by Gasteiger charge is -2.33. The van der Waals surface area contributed by atoms with Gasteiger partial charge in [-0.05, 0) is 17.7 Å². The summed E-state index contributed by atoms with van der Waals surface area (Å²) in [5, 5.41) is 0.707. The highest BCUT2D eigenvalue weighted by Crippen LogP contribution is 2.37. The molecule has 2 aliphatic rings. The first-order chi connectivity index (χ1) is 11.3. The van der Waals surface area contributed by atoms with Gasteiger partial charge in [0.1, 0.15) is 0 Å². The van der Waals surface area contributed by atoms with E-state index in [1.54, 1.807) is 6.20 Å². The third kappa shape index (κ3) is 3.13. The van der Waals surface area contributed by atoms with E-state index in [-0.39, 0.29) is 12.9 Å². The van der Waals surface area contributed by atoms with Crippen LogP contribution in [0.25, 0.3) is 0 Å². The first-order valence-electron chi connectivity index (χ1n) is 7.61. The summed E-state index contributed by atoms with van der Waals surface area (Å²) < 4.78 is 16.7. The van der Waals surface area contributed by atoms with Crippen LogP contribution in [0.15, 0.2) is 36.7 Å². The normalized spacial score (nSPS) is 20.7. The van der Waals surface area contributed by atoms with E-state index in [2.05, 4.69) is 16.0 Å². The van der Waals surface area contributed by atoms with Gasteiger partial charge in [-0.25, -0.2) is 0 Å². The average molecular weight is 333 g/mol. The predicted molar refractivity (Wildman–Crippen MR) is 85.8 cm³/mol. The highest BCUT2D eigenvalue weighted by atomic mass is 35.5. The lowest BCUT2D eigenvalue weighted by Crippen LogP contribution is -2.37. The second kappa shape index (κ2) is 6.35. The summed E-state index contributed by atoms with van der Waals surface area (Å²) in [5.74, 6) is 1.48. The first-order valence-corrected chi connectivity index (χ1v) is 7.99. The summed E-state index contributed by atoms with van der Waals surface area (Å²) in [6.07, 6.45) is 3.68. The van der Waals surface area contributed by atoms with Gasteiger partial charge >= 0.3 is 0 Å². The Morgan fingerprint density at radius 1 is 1.26 bits per heavy atom. The van der Waals surface area contributed by atoms with E-state index in [9.17, 15) is 0 Å².